The molecule has 0 radical (unpaired) electrons. The van der Waals surface area contributed by atoms with Crippen molar-refractivity contribution >= 4 is 23.9 Å². The first kappa shape index (κ1) is 20.1. The molecule has 6 heteroatoms. The molecule has 2 heterocycles. The normalized spacial score (nSPS) is 19.4. The topological polar surface area (TPSA) is 69.7 Å². The van der Waals surface area contributed by atoms with E-state index >= 15 is 0 Å². The van der Waals surface area contributed by atoms with Crippen LogP contribution in [-0.4, -0.2) is 52.3 Å². The van der Waals surface area contributed by atoms with Crippen molar-refractivity contribution in [3.8, 4) is 0 Å². The molecule has 1 aromatic carbocycles. The van der Waals surface area contributed by atoms with Gasteiger partial charge in [0, 0.05) is 25.2 Å². The molecule has 0 saturated carbocycles. The maximum atomic E-state index is 12.7. The SMILES string of the molecule is CC(C)c1ccc(/C=C/C(=O)N2CCC3(CC2)NC(=O)N(C(C)C)C3=O)cc1. The maximum Gasteiger partial charge on any atom is 0.325 e. The largest absolute Gasteiger partial charge is 0.339 e. The molecule has 1 aromatic rings. The Morgan fingerprint density at radius 2 is 1.68 bits per heavy atom. The number of hydrogen-bond donors (Lipinski definition) is 1. The Kier molecular flexibility index (Phi) is 5.59. The number of amides is 4. The average Bonchev–Trinajstić information content (AvgIpc) is 2.90. The standard InChI is InChI=1S/C22H29N3O3/c1-15(2)18-8-5-17(6-9-18)7-10-19(26)24-13-11-22(12-14-24)20(27)25(16(3)4)21(28)23-22/h5-10,15-16H,11-14H2,1-4H3,(H,23,28)/b10-7+. The van der Waals surface area contributed by atoms with Crippen LogP contribution in [0.2, 0.25) is 0 Å². The summed E-state index contributed by atoms with van der Waals surface area (Å²) >= 11 is 0. The van der Waals surface area contributed by atoms with Crippen LogP contribution in [0.1, 0.15) is 57.6 Å². The Labute approximate surface area is 166 Å². The smallest absolute Gasteiger partial charge is 0.325 e. The van der Waals surface area contributed by atoms with E-state index in [2.05, 4.69) is 31.3 Å². The van der Waals surface area contributed by atoms with Crippen molar-refractivity contribution in [2.24, 2.45) is 0 Å². The van der Waals surface area contributed by atoms with E-state index in [0.717, 1.165) is 5.56 Å². The van der Waals surface area contributed by atoms with Gasteiger partial charge in [0.25, 0.3) is 5.91 Å². The van der Waals surface area contributed by atoms with E-state index in [1.807, 2.05) is 32.1 Å². The molecule has 2 fully saturated rings. The van der Waals surface area contributed by atoms with Crippen LogP contribution in [0.15, 0.2) is 30.3 Å². The van der Waals surface area contributed by atoms with Gasteiger partial charge in [-0.2, -0.15) is 0 Å². The van der Waals surface area contributed by atoms with Gasteiger partial charge in [0.05, 0.1) is 0 Å². The van der Waals surface area contributed by atoms with E-state index < -0.39 is 5.54 Å². The molecule has 3 rings (SSSR count). The lowest BCUT2D eigenvalue weighted by molar-refractivity contribution is -0.137. The van der Waals surface area contributed by atoms with E-state index in [4.69, 9.17) is 0 Å². The van der Waals surface area contributed by atoms with E-state index in [1.165, 1.54) is 10.5 Å². The van der Waals surface area contributed by atoms with Crippen molar-refractivity contribution in [3.05, 3.63) is 41.5 Å². The van der Waals surface area contributed by atoms with E-state index in [9.17, 15) is 14.4 Å². The monoisotopic (exact) mass is 383 g/mol. The number of likely N-dealkylation sites (tertiary alicyclic amines) is 1. The third kappa shape index (κ3) is 3.81. The molecule has 0 unspecified atom stereocenters. The van der Waals surface area contributed by atoms with E-state index in [0.29, 0.717) is 31.8 Å². The molecule has 0 atom stereocenters. The van der Waals surface area contributed by atoms with Crippen molar-refractivity contribution in [2.75, 3.05) is 13.1 Å². The summed E-state index contributed by atoms with van der Waals surface area (Å²) in [5.41, 5.74) is 1.40. The summed E-state index contributed by atoms with van der Waals surface area (Å²) in [6.45, 7) is 8.85. The molecule has 6 nitrogen and oxygen atoms in total. The Balaban J connectivity index is 1.60. The fourth-order valence-electron chi connectivity index (χ4n) is 3.82. The minimum Gasteiger partial charge on any atom is -0.339 e. The lowest BCUT2D eigenvalue weighted by Crippen LogP contribution is -2.55. The number of hydrogen-bond acceptors (Lipinski definition) is 3. The Morgan fingerprint density at radius 3 is 2.18 bits per heavy atom. The number of benzene rings is 1. The minimum absolute atomic E-state index is 0.0692. The molecule has 2 aliphatic heterocycles. The fourth-order valence-corrected chi connectivity index (χ4v) is 3.82. The van der Waals surface area contributed by atoms with Gasteiger partial charge in [0.1, 0.15) is 5.54 Å². The number of rotatable bonds is 4. The van der Waals surface area contributed by atoms with Gasteiger partial charge >= 0.3 is 6.03 Å². The first-order valence-corrected chi connectivity index (χ1v) is 9.96. The lowest BCUT2D eigenvalue weighted by atomic mass is 9.87. The zero-order chi connectivity index (χ0) is 20.5. The lowest BCUT2D eigenvalue weighted by Gasteiger charge is -2.37. The maximum absolute atomic E-state index is 12.7. The molecule has 2 saturated heterocycles. The van der Waals surface area contributed by atoms with Crippen LogP contribution in [0.5, 0.6) is 0 Å². The first-order chi connectivity index (χ1) is 13.2. The molecule has 1 spiro atoms. The minimum atomic E-state index is -0.853. The Morgan fingerprint density at radius 1 is 1.07 bits per heavy atom. The van der Waals surface area contributed by atoms with Gasteiger partial charge in [-0.15, -0.1) is 0 Å². The second-order valence-electron chi connectivity index (χ2n) is 8.26. The quantitative estimate of drug-likeness (QED) is 0.641. The van der Waals surface area contributed by atoms with Crippen LogP contribution in [0, 0.1) is 0 Å². The third-order valence-electron chi connectivity index (χ3n) is 5.66. The average molecular weight is 383 g/mol. The molecule has 4 amide bonds. The number of carbonyl (C=O) groups is 3. The van der Waals surface area contributed by atoms with Gasteiger partial charge in [-0.05, 0) is 49.8 Å². The summed E-state index contributed by atoms with van der Waals surface area (Å²) in [6, 6.07) is 7.68. The highest BCUT2D eigenvalue weighted by atomic mass is 16.2. The molecule has 0 bridgehead atoms. The van der Waals surface area contributed by atoms with Gasteiger partial charge in [0.15, 0.2) is 0 Å². The summed E-state index contributed by atoms with van der Waals surface area (Å²) in [7, 11) is 0. The number of imide groups is 1. The Hall–Kier alpha value is -2.63. The summed E-state index contributed by atoms with van der Waals surface area (Å²) in [6.07, 6.45) is 4.30. The highest BCUT2D eigenvalue weighted by Crippen LogP contribution is 2.30. The van der Waals surface area contributed by atoms with Crippen LogP contribution in [0.3, 0.4) is 0 Å². The van der Waals surface area contributed by atoms with Crippen molar-refractivity contribution in [1.29, 1.82) is 0 Å². The zero-order valence-corrected chi connectivity index (χ0v) is 17.1. The highest BCUT2D eigenvalue weighted by molar-refractivity contribution is 6.07. The summed E-state index contributed by atoms with van der Waals surface area (Å²) in [4.78, 5) is 40.4. The van der Waals surface area contributed by atoms with Crippen LogP contribution in [0.25, 0.3) is 6.08 Å². The third-order valence-corrected chi connectivity index (χ3v) is 5.66. The van der Waals surface area contributed by atoms with E-state index in [-0.39, 0.29) is 23.9 Å². The van der Waals surface area contributed by atoms with Gasteiger partial charge in [-0.25, -0.2) is 4.79 Å². The second kappa shape index (κ2) is 7.78. The molecule has 150 valence electrons. The van der Waals surface area contributed by atoms with E-state index in [1.54, 1.807) is 11.0 Å². The van der Waals surface area contributed by atoms with Gasteiger partial charge in [-0.3, -0.25) is 14.5 Å². The van der Waals surface area contributed by atoms with Crippen LogP contribution < -0.4 is 5.32 Å². The predicted molar refractivity (Wildman–Crippen MR) is 109 cm³/mol. The molecule has 0 aromatic heterocycles. The van der Waals surface area contributed by atoms with Crippen molar-refractivity contribution < 1.29 is 14.4 Å². The highest BCUT2D eigenvalue weighted by Gasteiger charge is 2.53. The summed E-state index contributed by atoms with van der Waals surface area (Å²) in [5.74, 6) is 0.242. The molecule has 28 heavy (non-hydrogen) atoms. The van der Waals surface area contributed by atoms with Gasteiger partial charge in [0.2, 0.25) is 5.91 Å². The number of nitrogens with one attached hydrogen (secondary N) is 1. The van der Waals surface area contributed by atoms with Crippen LogP contribution in [-0.2, 0) is 9.59 Å². The summed E-state index contributed by atoms with van der Waals surface area (Å²) < 4.78 is 0. The van der Waals surface area contributed by atoms with Gasteiger partial charge in [-0.1, -0.05) is 38.1 Å². The summed E-state index contributed by atoms with van der Waals surface area (Å²) in [5, 5.41) is 2.86. The van der Waals surface area contributed by atoms with Crippen molar-refractivity contribution in [2.45, 2.75) is 58.0 Å². The molecule has 0 aliphatic carbocycles. The van der Waals surface area contributed by atoms with Gasteiger partial charge < -0.3 is 10.2 Å². The van der Waals surface area contributed by atoms with Crippen molar-refractivity contribution in [1.82, 2.24) is 15.1 Å². The number of nitrogens with zero attached hydrogens (tertiary/aromatic N) is 2. The van der Waals surface area contributed by atoms with Crippen LogP contribution in [0.4, 0.5) is 4.79 Å². The number of piperidine rings is 1. The first-order valence-electron chi connectivity index (χ1n) is 9.96. The van der Waals surface area contributed by atoms with Crippen molar-refractivity contribution in [3.63, 3.8) is 0 Å². The fraction of sp³-hybridized carbons (Fsp3) is 0.500. The molecule has 2 aliphatic rings. The molecule has 1 N–H and O–H groups in total. The van der Waals surface area contributed by atoms with Crippen LogP contribution >= 0.6 is 0 Å². The number of urea groups is 1. The second-order valence-corrected chi connectivity index (χ2v) is 8.26. The molecular weight excluding hydrogens is 354 g/mol. The predicted octanol–water partition coefficient (Wildman–Crippen LogP) is 3.14. The number of carbonyl (C=O) groups excluding carboxylic acids is 3. The zero-order valence-electron chi connectivity index (χ0n) is 17.1. The molecular formula is C22H29N3O3. The Bertz CT molecular complexity index is 788.